The van der Waals surface area contributed by atoms with Crippen molar-refractivity contribution in [3.05, 3.63) is 0 Å². The predicted molar refractivity (Wildman–Crippen MR) is 99.4 cm³/mol. The maximum Gasteiger partial charge on any atom is 0.326 e. The Morgan fingerprint density at radius 2 is 1.57 bits per heavy atom. The lowest BCUT2D eigenvalue weighted by Gasteiger charge is -2.24. The van der Waals surface area contributed by atoms with E-state index in [1.807, 2.05) is 0 Å². The van der Waals surface area contributed by atoms with Crippen LogP contribution in [0.5, 0.6) is 0 Å². The molecular formula is C15H26N4O8S. The van der Waals surface area contributed by atoms with Crippen molar-refractivity contribution in [1.82, 2.24) is 16.0 Å². The monoisotopic (exact) mass is 422 g/mol. The highest BCUT2D eigenvalue weighted by Gasteiger charge is 2.32. The number of carboxylic acids is 2. The van der Waals surface area contributed by atoms with Crippen molar-refractivity contribution in [1.29, 1.82) is 0 Å². The minimum Gasteiger partial charge on any atom is -0.481 e. The SMILES string of the molecule is CSCCC(NC(=O)C(CC(=O)O)NC(=O)C(NC(=O)CN)C(C)O)C(=O)O. The molecule has 0 aliphatic heterocycles. The van der Waals surface area contributed by atoms with E-state index >= 15 is 0 Å². The average molecular weight is 422 g/mol. The van der Waals surface area contributed by atoms with Crippen molar-refractivity contribution in [3.8, 4) is 0 Å². The molecule has 0 fully saturated rings. The van der Waals surface area contributed by atoms with Crippen molar-refractivity contribution >= 4 is 41.4 Å². The predicted octanol–water partition coefficient (Wildman–Crippen LogP) is -2.91. The van der Waals surface area contributed by atoms with Gasteiger partial charge in [0, 0.05) is 0 Å². The van der Waals surface area contributed by atoms with Crippen LogP contribution in [0.2, 0.25) is 0 Å². The second-order valence-corrected chi connectivity index (χ2v) is 6.82. The van der Waals surface area contributed by atoms with Gasteiger partial charge in [-0.3, -0.25) is 19.2 Å². The van der Waals surface area contributed by atoms with E-state index in [1.54, 1.807) is 6.26 Å². The summed E-state index contributed by atoms with van der Waals surface area (Å²) in [4.78, 5) is 58.3. The number of aliphatic carboxylic acids is 2. The van der Waals surface area contributed by atoms with Crippen LogP contribution in [0.15, 0.2) is 0 Å². The van der Waals surface area contributed by atoms with Gasteiger partial charge in [-0.05, 0) is 25.4 Å². The quantitative estimate of drug-likeness (QED) is 0.161. The van der Waals surface area contributed by atoms with Gasteiger partial charge in [-0.1, -0.05) is 0 Å². The van der Waals surface area contributed by atoms with E-state index in [2.05, 4.69) is 16.0 Å². The lowest BCUT2D eigenvalue weighted by molar-refractivity contribution is -0.143. The summed E-state index contributed by atoms with van der Waals surface area (Å²) in [6.07, 6.45) is -0.347. The Bertz CT molecular complexity index is 586. The van der Waals surface area contributed by atoms with Crippen LogP contribution in [0, 0.1) is 0 Å². The maximum atomic E-state index is 12.3. The fourth-order valence-electron chi connectivity index (χ4n) is 2.05. The largest absolute Gasteiger partial charge is 0.481 e. The molecule has 0 aliphatic rings. The standard InChI is InChI=1S/C15H26N4O8S/c1-7(20)12(19-10(21)6-16)14(25)18-9(5-11(22)23)13(24)17-8(15(26)27)3-4-28-2/h7-9,12,20H,3-6,16H2,1-2H3,(H,17,24)(H,18,25)(H,19,21)(H,22,23)(H,26,27). The summed E-state index contributed by atoms with van der Waals surface area (Å²) in [7, 11) is 0. The second-order valence-electron chi connectivity index (χ2n) is 5.83. The summed E-state index contributed by atoms with van der Waals surface area (Å²) in [5.74, 6) is -5.07. The molecule has 4 unspecified atom stereocenters. The fraction of sp³-hybridized carbons (Fsp3) is 0.667. The number of carboxylic acid groups (broad SMARTS) is 2. The van der Waals surface area contributed by atoms with E-state index in [0.29, 0.717) is 5.75 Å². The van der Waals surface area contributed by atoms with Crippen LogP contribution in [0.3, 0.4) is 0 Å². The Hall–Kier alpha value is -2.38. The summed E-state index contributed by atoms with van der Waals surface area (Å²) in [6.45, 7) is 0.751. The third kappa shape index (κ3) is 9.53. The number of thioether (sulfide) groups is 1. The molecule has 8 N–H and O–H groups in total. The Balaban J connectivity index is 5.29. The average Bonchev–Trinajstić information content (AvgIpc) is 2.60. The zero-order chi connectivity index (χ0) is 21.9. The molecule has 0 spiro atoms. The smallest absolute Gasteiger partial charge is 0.326 e. The summed E-state index contributed by atoms with van der Waals surface area (Å²) >= 11 is 1.36. The molecular weight excluding hydrogens is 396 g/mol. The molecule has 0 saturated heterocycles. The number of amides is 3. The summed E-state index contributed by atoms with van der Waals surface area (Å²) in [6, 6.07) is -4.36. The minimum atomic E-state index is -1.61. The lowest BCUT2D eigenvalue weighted by atomic mass is 10.1. The Kier molecular flexibility index (Phi) is 11.8. The molecule has 0 aliphatic carbocycles. The van der Waals surface area contributed by atoms with E-state index in [4.69, 9.17) is 15.9 Å². The number of carbonyl (C=O) groups is 5. The zero-order valence-corrected chi connectivity index (χ0v) is 16.3. The highest BCUT2D eigenvalue weighted by atomic mass is 32.2. The number of hydrogen-bond donors (Lipinski definition) is 7. The van der Waals surface area contributed by atoms with Gasteiger partial charge in [-0.2, -0.15) is 11.8 Å². The van der Waals surface area contributed by atoms with Gasteiger partial charge >= 0.3 is 11.9 Å². The van der Waals surface area contributed by atoms with Crippen LogP contribution >= 0.6 is 11.8 Å². The van der Waals surface area contributed by atoms with Crippen molar-refractivity contribution in [2.45, 2.75) is 44.0 Å². The molecule has 12 nitrogen and oxygen atoms in total. The van der Waals surface area contributed by atoms with Crippen LogP contribution in [-0.2, 0) is 24.0 Å². The minimum absolute atomic E-state index is 0.0961. The molecule has 160 valence electrons. The molecule has 0 bridgehead atoms. The second kappa shape index (κ2) is 12.9. The first-order valence-electron chi connectivity index (χ1n) is 8.25. The number of carbonyl (C=O) groups excluding carboxylic acids is 3. The van der Waals surface area contributed by atoms with Crippen molar-refractivity contribution in [3.63, 3.8) is 0 Å². The van der Waals surface area contributed by atoms with E-state index < -0.39 is 66.9 Å². The first-order chi connectivity index (χ1) is 13.0. The van der Waals surface area contributed by atoms with E-state index in [1.165, 1.54) is 18.7 Å². The molecule has 0 saturated carbocycles. The van der Waals surface area contributed by atoms with Gasteiger partial charge < -0.3 is 37.0 Å². The molecule has 0 heterocycles. The molecule has 0 aromatic carbocycles. The molecule has 0 aromatic heterocycles. The first kappa shape index (κ1) is 25.6. The topological polar surface area (TPSA) is 208 Å². The van der Waals surface area contributed by atoms with E-state index in [9.17, 15) is 29.1 Å². The number of nitrogens with two attached hydrogens (primary N) is 1. The van der Waals surface area contributed by atoms with E-state index in [-0.39, 0.29) is 6.42 Å². The van der Waals surface area contributed by atoms with Crippen molar-refractivity contribution < 1.29 is 39.3 Å². The molecule has 0 radical (unpaired) electrons. The normalized spacial score (nSPS) is 14.9. The number of aliphatic hydroxyl groups is 1. The van der Waals surface area contributed by atoms with Gasteiger partial charge in [0.05, 0.1) is 19.1 Å². The molecule has 0 rings (SSSR count). The number of rotatable bonds is 13. The summed E-state index contributed by atoms with van der Waals surface area (Å²) in [5, 5.41) is 34.2. The van der Waals surface area contributed by atoms with Crippen LogP contribution in [0.25, 0.3) is 0 Å². The summed E-state index contributed by atoms with van der Waals surface area (Å²) in [5.41, 5.74) is 5.13. The van der Waals surface area contributed by atoms with E-state index in [0.717, 1.165) is 0 Å². The number of nitrogens with one attached hydrogen (secondary N) is 3. The van der Waals surface area contributed by atoms with Crippen LogP contribution in [0.4, 0.5) is 0 Å². The molecule has 4 atom stereocenters. The Labute approximate surface area is 165 Å². The highest BCUT2D eigenvalue weighted by molar-refractivity contribution is 7.98. The zero-order valence-electron chi connectivity index (χ0n) is 15.5. The van der Waals surface area contributed by atoms with Crippen molar-refractivity contribution in [2.75, 3.05) is 18.6 Å². The van der Waals surface area contributed by atoms with Gasteiger partial charge in [-0.15, -0.1) is 0 Å². The molecule has 28 heavy (non-hydrogen) atoms. The highest BCUT2D eigenvalue weighted by Crippen LogP contribution is 2.04. The fourth-order valence-corrected chi connectivity index (χ4v) is 2.52. The first-order valence-corrected chi connectivity index (χ1v) is 9.64. The van der Waals surface area contributed by atoms with Crippen LogP contribution in [0.1, 0.15) is 19.8 Å². The van der Waals surface area contributed by atoms with Crippen LogP contribution < -0.4 is 21.7 Å². The number of aliphatic hydroxyl groups excluding tert-OH is 1. The van der Waals surface area contributed by atoms with Crippen molar-refractivity contribution in [2.24, 2.45) is 5.73 Å². The molecule has 0 aromatic rings. The van der Waals surface area contributed by atoms with Gasteiger partial charge in [0.15, 0.2) is 0 Å². The lowest BCUT2D eigenvalue weighted by Crippen LogP contribution is -2.59. The molecule has 3 amide bonds. The third-order valence-corrected chi connectivity index (χ3v) is 4.15. The van der Waals surface area contributed by atoms with Gasteiger partial charge in [0.25, 0.3) is 0 Å². The van der Waals surface area contributed by atoms with Crippen LogP contribution in [-0.4, -0.2) is 87.8 Å². The van der Waals surface area contributed by atoms with Gasteiger partial charge in [-0.25, -0.2) is 4.79 Å². The maximum absolute atomic E-state index is 12.3. The van der Waals surface area contributed by atoms with Gasteiger partial charge in [0.2, 0.25) is 17.7 Å². The Morgan fingerprint density at radius 1 is 1.00 bits per heavy atom. The van der Waals surface area contributed by atoms with Gasteiger partial charge in [0.1, 0.15) is 18.1 Å². The Morgan fingerprint density at radius 3 is 2.00 bits per heavy atom. The number of hydrogen-bond acceptors (Lipinski definition) is 8. The third-order valence-electron chi connectivity index (χ3n) is 3.50. The summed E-state index contributed by atoms with van der Waals surface area (Å²) < 4.78 is 0. The molecule has 13 heteroatoms.